The van der Waals surface area contributed by atoms with E-state index in [4.69, 9.17) is 10.5 Å². The molecule has 0 spiro atoms. The Labute approximate surface area is 206 Å². The van der Waals surface area contributed by atoms with Gasteiger partial charge in [0.05, 0.1) is 29.0 Å². The largest absolute Gasteiger partial charge is 0.449 e. The second-order valence-electron chi connectivity index (χ2n) is 8.63. The van der Waals surface area contributed by atoms with E-state index in [2.05, 4.69) is 0 Å². The zero-order valence-corrected chi connectivity index (χ0v) is 19.4. The van der Waals surface area contributed by atoms with Crippen LogP contribution in [0.5, 0.6) is 0 Å². The Hall–Kier alpha value is -2.96. The van der Waals surface area contributed by atoms with E-state index in [0.717, 1.165) is 18.2 Å². The number of ether oxygens (including phenoxy) is 1. The van der Waals surface area contributed by atoms with Crippen LogP contribution in [-0.2, 0) is 23.3 Å². The summed E-state index contributed by atoms with van der Waals surface area (Å²) in [5.74, 6) is -0.582. The van der Waals surface area contributed by atoms with Gasteiger partial charge < -0.3 is 10.5 Å². The maximum absolute atomic E-state index is 13.4. The van der Waals surface area contributed by atoms with Gasteiger partial charge in [-0.3, -0.25) is 4.90 Å². The van der Waals surface area contributed by atoms with E-state index in [1.165, 1.54) is 4.90 Å². The number of alkyl halides is 9. The topological polar surface area (TPSA) is 55.6 Å². The first-order valence-corrected chi connectivity index (χ1v) is 11.2. The third-order valence-corrected chi connectivity index (χ3v) is 6.14. The van der Waals surface area contributed by atoms with Crippen LogP contribution in [0.2, 0.25) is 0 Å². The number of benzene rings is 2. The van der Waals surface area contributed by atoms with Crippen molar-refractivity contribution in [3.05, 3.63) is 64.2 Å². The third-order valence-electron chi connectivity index (χ3n) is 6.14. The predicted octanol–water partition coefficient (Wildman–Crippen LogP) is 7.67. The van der Waals surface area contributed by atoms with Crippen LogP contribution in [0.1, 0.15) is 66.0 Å². The van der Waals surface area contributed by atoms with Gasteiger partial charge in [0.25, 0.3) is 0 Å². The van der Waals surface area contributed by atoms with Gasteiger partial charge in [0.15, 0.2) is 0 Å². The Balaban J connectivity index is 1.90. The van der Waals surface area contributed by atoms with Crippen molar-refractivity contribution in [2.24, 2.45) is 5.73 Å². The summed E-state index contributed by atoms with van der Waals surface area (Å²) in [4.78, 5) is 13.5. The SMILES string of the molecule is CCOC(=O)N1CCC(CCC(N)c2cc(C(F)(F)F)cc(C(F)(F)F)c2)c2cc(C(F)(F)F)ccc21. The van der Waals surface area contributed by atoms with Crippen LogP contribution in [0, 0.1) is 0 Å². The molecule has 0 aromatic heterocycles. The van der Waals surface area contributed by atoms with Gasteiger partial charge >= 0.3 is 24.6 Å². The van der Waals surface area contributed by atoms with Crippen LogP contribution in [-0.4, -0.2) is 19.2 Å². The summed E-state index contributed by atoms with van der Waals surface area (Å²) >= 11 is 0. The van der Waals surface area contributed by atoms with Gasteiger partial charge in [-0.15, -0.1) is 0 Å². The molecular formula is C24H23F9N2O2. The quantitative estimate of drug-likeness (QED) is 0.395. The second-order valence-corrected chi connectivity index (χ2v) is 8.63. The van der Waals surface area contributed by atoms with E-state index in [1.54, 1.807) is 6.92 Å². The van der Waals surface area contributed by atoms with Crippen LogP contribution >= 0.6 is 0 Å². The number of nitrogens with two attached hydrogens (primary N) is 1. The number of carbonyl (C=O) groups is 1. The molecule has 0 radical (unpaired) electrons. The molecule has 204 valence electrons. The van der Waals surface area contributed by atoms with Gasteiger partial charge in [-0.25, -0.2) is 4.79 Å². The van der Waals surface area contributed by atoms with Crippen molar-refractivity contribution in [2.45, 2.75) is 56.7 Å². The van der Waals surface area contributed by atoms with Crippen LogP contribution in [0.15, 0.2) is 36.4 Å². The molecule has 2 aromatic rings. The standard InChI is InChI=1S/C24H23F9N2O2/c1-2-37-21(36)35-8-7-13(18-12-15(22(25,26)27)4-6-20(18)35)3-5-19(34)14-9-16(23(28,29)30)11-17(10-14)24(31,32)33/h4,6,9-13,19H,2-3,5,7-8,34H2,1H3. The smallest absolute Gasteiger partial charge is 0.416 e. The molecule has 2 N–H and O–H groups in total. The summed E-state index contributed by atoms with van der Waals surface area (Å²) in [5.41, 5.74) is 1.97. The van der Waals surface area contributed by atoms with E-state index in [9.17, 15) is 44.3 Å². The van der Waals surface area contributed by atoms with Crippen molar-refractivity contribution in [3.63, 3.8) is 0 Å². The molecule has 4 nitrogen and oxygen atoms in total. The molecule has 37 heavy (non-hydrogen) atoms. The minimum atomic E-state index is -5.04. The summed E-state index contributed by atoms with van der Waals surface area (Å²) in [7, 11) is 0. The summed E-state index contributed by atoms with van der Waals surface area (Å²) in [6, 6.07) is 2.68. The Morgan fingerprint density at radius 2 is 1.51 bits per heavy atom. The molecule has 3 rings (SSSR count). The number of carbonyl (C=O) groups excluding carboxylic acids is 1. The number of hydrogen-bond acceptors (Lipinski definition) is 3. The third kappa shape index (κ3) is 6.68. The summed E-state index contributed by atoms with van der Waals surface area (Å²) in [5, 5.41) is 0. The Morgan fingerprint density at radius 1 is 0.946 bits per heavy atom. The number of nitrogens with zero attached hydrogens (tertiary/aromatic N) is 1. The molecule has 1 heterocycles. The van der Waals surface area contributed by atoms with Crippen molar-refractivity contribution >= 4 is 11.8 Å². The van der Waals surface area contributed by atoms with Crippen molar-refractivity contribution in [1.82, 2.24) is 0 Å². The van der Waals surface area contributed by atoms with E-state index in [-0.39, 0.29) is 49.7 Å². The monoisotopic (exact) mass is 542 g/mol. The van der Waals surface area contributed by atoms with E-state index in [1.807, 2.05) is 0 Å². The normalized spacial score (nSPS) is 17.4. The first-order valence-electron chi connectivity index (χ1n) is 11.2. The molecule has 0 aliphatic carbocycles. The first-order chi connectivity index (χ1) is 17.0. The van der Waals surface area contributed by atoms with Crippen LogP contribution < -0.4 is 10.6 Å². The number of halogens is 9. The Kier molecular flexibility index (Phi) is 8.06. The molecule has 2 unspecified atom stereocenters. The fraction of sp³-hybridized carbons (Fsp3) is 0.458. The van der Waals surface area contributed by atoms with E-state index in [0.29, 0.717) is 12.1 Å². The average molecular weight is 542 g/mol. The molecular weight excluding hydrogens is 519 g/mol. The second kappa shape index (κ2) is 10.4. The highest BCUT2D eigenvalue weighted by Gasteiger charge is 2.38. The summed E-state index contributed by atoms with van der Waals surface area (Å²) in [6.45, 7) is 1.71. The number of amides is 1. The van der Waals surface area contributed by atoms with Crippen molar-refractivity contribution in [3.8, 4) is 0 Å². The molecule has 2 aromatic carbocycles. The lowest BCUT2D eigenvalue weighted by molar-refractivity contribution is -0.143. The fourth-order valence-electron chi connectivity index (χ4n) is 4.30. The number of hydrogen-bond donors (Lipinski definition) is 1. The molecule has 0 bridgehead atoms. The summed E-state index contributed by atoms with van der Waals surface area (Å²) in [6.07, 6.45) is -15.4. The highest BCUT2D eigenvalue weighted by atomic mass is 19.4. The maximum atomic E-state index is 13.4. The van der Waals surface area contributed by atoms with Crippen LogP contribution in [0.4, 0.5) is 50.0 Å². The van der Waals surface area contributed by atoms with Gasteiger partial charge in [0.1, 0.15) is 0 Å². The fourth-order valence-corrected chi connectivity index (χ4v) is 4.30. The highest BCUT2D eigenvalue weighted by Crippen LogP contribution is 2.43. The van der Waals surface area contributed by atoms with Gasteiger partial charge in [-0.2, -0.15) is 39.5 Å². The Morgan fingerprint density at radius 3 is 2.03 bits per heavy atom. The Bertz CT molecular complexity index is 1090. The zero-order chi connectivity index (χ0) is 27.8. The van der Waals surface area contributed by atoms with Crippen molar-refractivity contribution in [2.75, 3.05) is 18.1 Å². The minimum absolute atomic E-state index is 0.00373. The lowest BCUT2D eigenvalue weighted by Crippen LogP contribution is -2.37. The molecule has 0 saturated carbocycles. The van der Waals surface area contributed by atoms with Crippen LogP contribution in [0.3, 0.4) is 0 Å². The number of fused-ring (bicyclic) bond motifs is 1. The highest BCUT2D eigenvalue weighted by molar-refractivity contribution is 5.89. The predicted molar refractivity (Wildman–Crippen MR) is 116 cm³/mol. The molecule has 13 heteroatoms. The molecule has 0 saturated heterocycles. The van der Waals surface area contributed by atoms with Gasteiger partial charge in [-0.1, -0.05) is 0 Å². The van der Waals surface area contributed by atoms with Gasteiger partial charge in [-0.05, 0) is 79.6 Å². The zero-order valence-electron chi connectivity index (χ0n) is 19.4. The molecule has 1 aliphatic rings. The summed E-state index contributed by atoms with van der Waals surface area (Å²) < 4.78 is 124. The van der Waals surface area contributed by atoms with E-state index < -0.39 is 58.8 Å². The lowest BCUT2D eigenvalue weighted by atomic mass is 9.83. The average Bonchev–Trinajstić information content (AvgIpc) is 2.80. The van der Waals surface area contributed by atoms with E-state index >= 15 is 0 Å². The first kappa shape index (κ1) is 28.6. The lowest BCUT2D eigenvalue weighted by Gasteiger charge is -2.34. The minimum Gasteiger partial charge on any atom is -0.449 e. The van der Waals surface area contributed by atoms with Gasteiger partial charge in [0, 0.05) is 12.6 Å². The molecule has 1 aliphatic heterocycles. The molecule has 2 atom stereocenters. The van der Waals surface area contributed by atoms with Crippen LogP contribution in [0.25, 0.3) is 0 Å². The molecule has 0 fully saturated rings. The number of anilines is 1. The number of rotatable bonds is 5. The molecule has 1 amide bonds. The van der Waals surface area contributed by atoms with Crippen molar-refractivity contribution < 1.29 is 49.0 Å². The van der Waals surface area contributed by atoms with Crippen molar-refractivity contribution in [1.29, 1.82) is 0 Å². The maximum Gasteiger partial charge on any atom is 0.416 e. The van der Waals surface area contributed by atoms with Gasteiger partial charge in [0.2, 0.25) is 0 Å².